The second kappa shape index (κ2) is 6.47. The fraction of sp³-hybridized carbons (Fsp3) is 0.615. The van der Waals surface area contributed by atoms with Gasteiger partial charge in [0.2, 0.25) is 0 Å². The number of hydrogen-bond acceptors (Lipinski definition) is 3. The third kappa shape index (κ3) is 4.05. The molecule has 1 unspecified atom stereocenters. The Morgan fingerprint density at radius 1 is 1.53 bits per heavy atom. The molecule has 1 aromatic heterocycles. The molecule has 1 aliphatic heterocycles. The molecule has 0 bridgehead atoms. The molecule has 2 heterocycles. The van der Waals surface area contributed by atoms with E-state index in [1.54, 1.807) is 0 Å². The van der Waals surface area contributed by atoms with Crippen LogP contribution in [0.1, 0.15) is 18.9 Å². The largest absolute Gasteiger partial charge is 0.312 e. The van der Waals surface area contributed by atoms with E-state index in [-0.39, 0.29) is 0 Å². The molecule has 1 fully saturated rings. The van der Waals surface area contributed by atoms with Crippen LogP contribution in [0.15, 0.2) is 22.9 Å². The molecule has 0 amide bonds. The first-order chi connectivity index (χ1) is 8.28. The molecule has 1 atom stereocenters. The summed E-state index contributed by atoms with van der Waals surface area (Å²) in [6.45, 7) is 7.97. The fourth-order valence-corrected chi connectivity index (χ4v) is 2.75. The number of pyridine rings is 1. The fourth-order valence-electron chi connectivity index (χ4n) is 2.34. The van der Waals surface area contributed by atoms with Gasteiger partial charge in [0.05, 0.1) is 0 Å². The van der Waals surface area contributed by atoms with Crippen LogP contribution in [0.4, 0.5) is 0 Å². The summed E-state index contributed by atoms with van der Waals surface area (Å²) in [6.07, 6.45) is 5.07. The van der Waals surface area contributed by atoms with E-state index in [0.717, 1.165) is 23.5 Å². The Bertz CT molecular complexity index is 356. The molecular weight excluding hydrogens is 278 g/mol. The summed E-state index contributed by atoms with van der Waals surface area (Å²) >= 11 is 3.44. The Kier molecular flexibility index (Phi) is 4.95. The van der Waals surface area contributed by atoms with Crippen molar-refractivity contribution in [2.75, 3.05) is 26.2 Å². The Balaban J connectivity index is 1.70. The third-order valence-electron chi connectivity index (χ3n) is 3.34. The molecule has 1 N–H and O–H groups in total. The smallest absolute Gasteiger partial charge is 0.0410 e. The summed E-state index contributed by atoms with van der Waals surface area (Å²) in [7, 11) is 0. The Morgan fingerprint density at radius 2 is 2.41 bits per heavy atom. The molecule has 0 saturated carbocycles. The molecule has 2 rings (SSSR count). The van der Waals surface area contributed by atoms with Gasteiger partial charge in [-0.05, 0) is 59.5 Å². The number of aromatic nitrogens is 1. The molecular formula is C13H20BrN3. The van der Waals surface area contributed by atoms with Gasteiger partial charge in [0.25, 0.3) is 0 Å². The molecule has 17 heavy (non-hydrogen) atoms. The minimum absolute atomic E-state index is 0.815. The van der Waals surface area contributed by atoms with Crippen molar-refractivity contribution < 1.29 is 0 Å². The number of halogens is 1. The van der Waals surface area contributed by atoms with Crippen molar-refractivity contribution in [3.8, 4) is 0 Å². The van der Waals surface area contributed by atoms with Gasteiger partial charge in [0.1, 0.15) is 0 Å². The molecule has 0 spiro atoms. The zero-order chi connectivity index (χ0) is 12.1. The van der Waals surface area contributed by atoms with Crippen LogP contribution in [0.3, 0.4) is 0 Å². The third-order valence-corrected chi connectivity index (χ3v) is 3.77. The van der Waals surface area contributed by atoms with Gasteiger partial charge in [-0.25, -0.2) is 0 Å². The lowest BCUT2D eigenvalue weighted by molar-refractivity contribution is 0.339. The molecule has 3 nitrogen and oxygen atoms in total. The molecule has 0 radical (unpaired) electrons. The molecule has 1 aliphatic rings. The average Bonchev–Trinajstić information content (AvgIpc) is 2.77. The number of nitrogens with one attached hydrogen (secondary N) is 1. The standard InChI is InChI=1S/C13H20BrN3/c1-2-17-4-3-11(10-17)6-15-7-12-5-13(14)9-16-8-12/h5,8-9,11,15H,2-4,6-7,10H2,1H3. The summed E-state index contributed by atoms with van der Waals surface area (Å²) in [5.74, 6) is 0.815. The van der Waals surface area contributed by atoms with Gasteiger partial charge in [-0.1, -0.05) is 6.92 Å². The SMILES string of the molecule is CCN1CCC(CNCc2cncc(Br)c2)C1. The van der Waals surface area contributed by atoms with E-state index in [2.05, 4.69) is 44.1 Å². The average molecular weight is 298 g/mol. The van der Waals surface area contributed by atoms with Crippen LogP contribution in [0.25, 0.3) is 0 Å². The van der Waals surface area contributed by atoms with E-state index in [9.17, 15) is 0 Å². The van der Waals surface area contributed by atoms with Crippen LogP contribution in [0, 0.1) is 5.92 Å². The Labute approximate surface area is 112 Å². The minimum atomic E-state index is 0.815. The second-order valence-corrected chi connectivity index (χ2v) is 5.61. The van der Waals surface area contributed by atoms with Crippen LogP contribution in [0.5, 0.6) is 0 Å². The maximum atomic E-state index is 4.16. The minimum Gasteiger partial charge on any atom is -0.312 e. The first-order valence-electron chi connectivity index (χ1n) is 6.30. The molecule has 0 aromatic carbocycles. The van der Waals surface area contributed by atoms with E-state index in [1.807, 2.05) is 12.4 Å². The van der Waals surface area contributed by atoms with E-state index in [1.165, 1.54) is 31.6 Å². The van der Waals surface area contributed by atoms with Crippen LogP contribution in [0.2, 0.25) is 0 Å². The molecule has 94 valence electrons. The molecule has 4 heteroatoms. The monoisotopic (exact) mass is 297 g/mol. The van der Waals surface area contributed by atoms with Gasteiger partial charge < -0.3 is 10.2 Å². The van der Waals surface area contributed by atoms with Crippen LogP contribution in [-0.2, 0) is 6.54 Å². The predicted molar refractivity (Wildman–Crippen MR) is 73.9 cm³/mol. The van der Waals surface area contributed by atoms with E-state index >= 15 is 0 Å². The normalized spacial score (nSPS) is 20.9. The van der Waals surface area contributed by atoms with Crippen molar-refractivity contribution in [3.63, 3.8) is 0 Å². The lowest BCUT2D eigenvalue weighted by Gasteiger charge is -2.13. The second-order valence-electron chi connectivity index (χ2n) is 4.69. The summed E-state index contributed by atoms with van der Waals surface area (Å²) in [5, 5.41) is 3.53. The first kappa shape index (κ1) is 13.0. The van der Waals surface area contributed by atoms with Crippen molar-refractivity contribution in [2.24, 2.45) is 5.92 Å². The van der Waals surface area contributed by atoms with Gasteiger partial charge in [-0.2, -0.15) is 0 Å². The molecule has 1 aromatic rings. The highest BCUT2D eigenvalue weighted by atomic mass is 79.9. The van der Waals surface area contributed by atoms with Crippen molar-refractivity contribution in [3.05, 3.63) is 28.5 Å². The predicted octanol–water partition coefficient (Wildman–Crippen LogP) is 2.28. The van der Waals surface area contributed by atoms with Gasteiger partial charge in [0.15, 0.2) is 0 Å². The Hall–Kier alpha value is -0.450. The number of likely N-dealkylation sites (tertiary alicyclic amines) is 1. The topological polar surface area (TPSA) is 28.2 Å². The first-order valence-corrected chi connectivity index (χ1v) is 7.09. The van der Waals surface area contributed by atoms with Crippen molar-refractivity contribution in [1.82, 2.24) is 15.2 Å². The zero-order valence-corrected chi connectivity index (χ0v) is 11.9. The number of rotatable bonds is 5. The van der Waals surface area contributed by atoms with Crippen LogP contribution >= 0.6 is 15.9 Å². The quantitative estimate of drug-likeness (QED) is 0.904. The van der Waals surface area contributed by atoms with Gasteiger partial charge in [0, 0.05) is 30.0 Å². The number of nitrogens with zero attached hydrogens (tertiary/aromatic N) is 2. The summed E-state index contributed by atoms with van der Waals surface area (Å²) in [4.78, 5) is 6.69. The number of hydrogen-bond donors (Lipinski definition) is 1. The van der Waals surface area contributed by atoms with E-state index in [0.29, 0.717) is 0 Å². The highest BCUT2D eigenvalue weighted by Crippen LogP contribution is 2.15. The van der Waals surface area contributed by atoms with E-state index in [4.69, 9.17) is 0 Å². The van der Waals surface area contributed by atoms with Crippen LogP contribution < -0.4 is 5.32 Å². The van der Waals surface area contributed by atoms with Crippen molar-refractivity contribution in [1.29, 1.82) is 0 Å². The van der Waals surface area contributed by atoms with Crippen LogP contribution in [-0.4, -0.2) is 36.1 Å². The zero-order valence-electron chi connectivity index (χ0n) is 10.3. The highest BCUT2D eigenvalue weighted by Gasteiger charge is 2.20. The lowest BCUT2D eigenvalue weighted by Crippen LogP contribution is -2.26. The Morgan fingerprint density at radius 3 is 3.12 bits per heavy atom. The van der Waals surface area contributed by atoms with Crippen molar-refractivity contribution >= 4 is 15.9 Å². The molecule has 1 saturated heterocycles. The van der Waals surface area contributed by atoms with Gasteiger partial charge in [-0.15, -0.1) is 0 Å². The summed E-state index contributed by atoms with van der Waals surface area (Å²) < 4.78 is 1.05. The lowest BCUT2D eigenvalue weighted by atomic mass is 10.1. The highest BCUT2D eigenvalue weighted by molar-refractivity contribution is 9.10. The maximum Gasteiger partial charge on any atom is 0.0410 e. The maximum absolute atomic E-state index is 4.16. The van der Waals surface area contributed by atoms with E-state index < -0.39 is 0 Å². The summed E-state index contributed by atoms with van der Waals surface area (Å²) in [6, 6.07) is 2.12. The van der Waals surface area contributed by atoms with Gasteiger partial charge >= 0.3 is 0 Å². The van der Waals surface area contributed by atoms with Gasteiger partial charge in [-0.3, -0.25) is 4.98 Å². The van der Waals surface area contributed by atoms with Crippen molar-refractivity contribution in [2.45, 2.75) is 19.9 Å². The summed E-state index contributed by atoms with van der Waals surface area (Å²) in [5.41, 5.74) is 1.24. The molecule has 0 aliphatic carbocycles.